The van der Waals surface area contributed by atoms with Crippen molar-refractivity contribution in [2.75, 3.05) is 31.2 Å². The SMILES string of the molecule is O=C(CC1CCc2c(OC[C@H]3CCCN3c3ncnc4nc[nH]c34)cccc2C1=O)NCCO. The number of rotatable bonds is 8. The number of carbonyl (C=O) groups excluding carboxylic acids is 2. The van der Waals surface area contributed by atoms with Crippen LogP contribution >= 0.6 is 0 Å². The van der Waals surface area contributed by atoms with Gasteiger partial charge in [0, 0.05) is 36.6 Å². The second-order valence-electron chi connectivity index (χ2n) is 8.76. The van der Waals surface area contributed by atoms with Crippen LogP contribution in [-0.4, -0.2) is 69.1 Å². The van der Waals surface area contributed by atoms with Crippen molar-refractivity contribution in [3.8, 4) is 5.75 Å². The molecule has 1 amide bonds. The molecule has 2 aromatic heterocycles. The predicted molar refractivity (Wildman–Crippen MR) is 125 cm³/mol. The number of hydrogen-bond donors (Lipinski definition) is 3. The van der Waals surface area contributed by atoms with Crippen molar-refractivity contribution in [1.29, 1.82) is 0 Å². The molecule has 178 valence electrons. The van der Waals surface area contributed by atoms with Crippen LogP contribution < -0.4 is 15.0 Å². The Hall–Kier alpha value is -3.53. The molecule has 3 N–H and O–H groups in total. The number of aromatic amines is 1. The number of hydrogen-bond acceptors (Lipinski definition) is 8. The van der Waals surface area contributed by atoms with Gasteiger partial charge in [0.25, 0.3) is 0 Å². The number of Topliss-reactive ketones (excluding diaryl/α,β-unsaturated/α-hetero) is 1. The fraction of sp³-hybridized carbons (Fsp3) is 0.458. The summed E-state index contributed by atoms with van der Waals surface area (Å²) in [5.41, 5.74) is 3.03. The van der Waals surface area contributed by atoms with Crippen molar-refractivity contribution < 1.29 is 19.4 Å². The molecule has 1 saturated heterocycles. The number of aliphatic hydroxyl groups is 1. The van der Waals surface area contributed by atoms with E-state index >= 15 is 0 Å². The lowest BCUT2D eigenvalue weighted by Crippen LogP contribution is -2.35. The molecule has 0 saturated carbocycles. The molecule has 0 radical (unpaired) electrons. The average molecular weight is 465 g/mol. The fourth-order valence-corrected chi connectivity index (χ4v) is 4.99. The van der Waals surface area contributed by atoms with Crippen LogP contribution in [0, 0.1) is 5.92 Å². The smallest absolute Gasteiger partial charge is 0.220 e. The van der Waals surface area contributed by atoms with E-state index in [2.05, 4.69) is 30.2 Å². The van der Waals surface area contributed by atoms with Crippen LogP contribution in [-0.2, 0) is 11.2 Å². The third-order valence-electron chi connectivity index (χ3n) is 6.66. The number of ether oxygens (including phenoxy) is 1. The second kappa shape index (κ2) is 9.76. The number of nitrogens with one attached hydrogen (secondary N) is 2. The van der Waals surface area contributed by atoms with Gasteiger partial charge in [-0.1, -0.05) is 12.1 Å². The van der Waals surface area contributed by atoms with Crippen LogP contribution in [0.1, 0.15) is 41.6 Å². The van der Waals surface area contributed by atoms with Crippen molar-refractivity contribution in [3.05, 3.63) is 42.0 Å². The lowest BCUT2D eigenvalue weighted by molar-refractivity contribution is -0.122. The predicted octanol–water partition coefficient (Wildman–Crippen LogP) is 1.64. The number of ketones is 1. The van der Waals surface area contributed by atoms with Crippen LogP contribution in [0.15, 0.2) is 30.9 Å². The van der Waals surface area contributed by atoms with E-state index in [4.69, 9.17) is 9.84 Å². The number of amides is 1. The van der Waals surface area contributed by atoms with E-state index in [1.165, 1.54) is 6.33 Å². The Morgan fingerprint density at radius 3 is 3.06 bits per heavy atom. The summed E-state index contributed by atoms with van der Waals surface area (Å²) in [6.07, 6.45) is 6.62. The Labute approximate surface area is 196 Å². The summed E-state index contributed by atoms with van der Waals surface area (Å²) in [6, 6.07) is 5.72. The molecule has 1 aliphatic heterocycles. The van der Waals surface area contributed by atoms with Gasteiger partial charge >= 0.3 is 0 Å². The Bertz CT molecular complexity index is 1200. The lowest BCUT2D eigenvalue weighted by atomic mass is 9.80. The third kappa shape index (κ3) is 4.33. The van der Waals surface area contributed by atoms with Crippen molar-refractivity contribution in [3.63, 3.8) is 0 Å². The van der Waals surface area contributed by atoms with Gasteiger partial charge in [-0.25, -0.2) is 15.0 Å². The van der Waals surface area contributed by atoms with Crippen LogP contribution in [0.4, 0.5) is 5.82 Å². The Balaban J connectivity index is 1.28. The molecule has 34 heavy (non-hydrogen) atoms. The van der Waals surface area contributed by atoms with Crippen molar-refractivity contribution in [2.45, 2.75) is 38.1 Å². The van der Waals surface area contributed by atoms with Gasteiger partial charge < -0.3 is 25.0 Å². The Morgan fingerprint density at radius 2 is 2.18 bits per heavy atom. The van der Waals surface area contributed by atoms with E-state index in [1.54, 1.807) is 6.33 Å². The zero-order valence-corrected chi connectivity index (χ0v) is 18.9. The first-order valence-electron chi connectivity index (χ1n) is 11.7. The van der Waals surface area contributed by atoms with E-state index in [0.29, 0.717) is 30.7 Å². The minimum atomic E-state index is -0.346. The average Bonchev–Trinajstić information content (AvgIpc) is 3.52. The normalized spacial score (nSPS) is 19.9. The van der Waals surface area contributed by atoms with E-state index in [9.17, 15) is 9.59 Å². The van der Waals surface area contributed by atoms with Gasteiger partial charge in [-0.2, -0.15) is 0 Å². The number of nitrogens with zero attached hydrogens (tertiary/aromatic N) is 4. The van der Waals surface area contributed by atoms with Crippen LogP contribution in [0.3, 0.4) is 0 Å². The molecule has 0 spiro atoms. The molecule has 2 atom stereocenters. The maximum Gasteiger partial charge on any atom is 0.220 e. The summed E-state index contributed by atoms with van der Waals surface area (Å²) in [6.45, 7) is 1.45. The maximum atomic E-state index is 13.1. The van der Waals surface area contributed by atoms with E-state index < -0.39 is 0 Å². The minimum Gasteiger partial charge on any atom is -0.491 e. The highest BCUT2D eigenvalue weighted by Crippen LogP contribution is 2.34. The molecule has 0 bridgehead atoms. The number of aromatic nitrogens is 4. The first-order chi connectivity index (χ1) is 16.7. The van der Waals surface area contributed by atoms with E-state index in [1.807, 2.05) is 18.2 Å². The highest BCUT2D eigenvalue weighted by molar-refractivity contribution is 6.02. The molecule has 1 fully saturated rings. The number of imidazole rings is 1. The standard InChI is InChI=1S/C24H28N6O4/c31-10-8-25-20(32)11-15-6-7-17-18(22(15)33)4-1-5-19(17)34-12-16-3-2-9-30(16)24-21-23(27-13-26-21)28-14-29-24/h1,4-5,13-16,31H,2-3,6-12H2,(H,25,32)(H,26,27,28,29)/t15?,16-/m1/s1. The summed E-state index contributed by atoms with van der Waals surface area (Å²) in [7, 11) is 0. The highest BCUT2D eigenvalue weighted by atomic mass is 16.5. The molecule has 3 heterocycles. The summed E-state index contributed by atoms with van der Waals surface area (Å²) < 4.78 is 6.28. The van der Waals surface area contributed by atoms with E-state index in [-0.39, 0.29) is 43.2 Å². The lowest BCUT2D eigenvalue weighted by Gasteiger charge is -2.28. The molecule has 1 aromatic carbocycles. The number of fused-ring (bicyclic) bond motifs is 2. The minimum absolute atomic E-state index is 0.0176. The molecular weight excluding hydrogens is 436 g/mol. The van der Waals surface area contributed by atoms with Gasteiger partial charge in [-0.05, 0) is 31.7 Å². The Morgan fingerprint density at radius 1 is 1.26 bits per heavy atom. The number of carbonyl (C=O) groups is 2. The number of anilines is 1. The quantitative estimate of drug-likeness (QED) is 0.458. The fourth-order valence-electron chi connectivity index (χ4n) is 4.99. The topological polar surface area (TPSA) is 133 Å². The number of aliphatic hydroxyl groups excluding tert-OH is 1. The van der Waals surface area contributed by atoms with Gasteiger partial charge in [0.15, 0.2) is 17.2 Å². The van der Waals surface area contributed by atoms with Crippen molar-refractivity contribution in [1.82, 2.24) is 25.3 Å². The largest absolute Gasteiger partial charge is 0.491 e. The molecule has 3 aromatic rings. The molecule has 10 nitrogen and oxygen atoms in total. The molecule has 1 aliphatic carbocycles. The van der Waals surface area contributed by atoms with Crippen molar-refractivity contribution >= 4 is 28.7 Å². The molecular formula is C24H28N6O4. The molecule has 1 unspecified atom stereocenters. The van der Waals surface area contributed by atoms with Crippen molar-refractivity contribution in [2.24, 2.45) is 5.92 Å². The van der Waals surface area contributed by atoms with Crippen LogP contribution in [0.5, 0.6) is 5.75 Å². The monoisotopic (exact) mass is 464 g/mol. The number of benzene rings is 1. The summed E-state index contributed by atoms with van der Waals surface area (Å²) >= 11 is 0. The first kappa shape index (κ1) is 22.3. The van der Waals surface area contributed by atoms with E-state index in [0.717, 1.165) is 42.0 Å². The van der Waals surface area contributed by atoms with Gasteiger partial charge in [0.1, 0.15) is 24.2 Å². The number of H-pyrrole nitrogens is 1. The third-order valence-corrected chi connectivity index (χ3v) is 6.66. The van der Waals surface area contributed by atoms with Gasteiger partial charge in [-0.3, -0.25) is 9.59 Å². The summed E-state index contributed by atoms with van der Waals surface area (Å²) in [4.78, 5) is 43.4. The summed E-state index contributed by atoms with van der Waals surface area (Å²) in [5, 5.41) is 11.5. The zero-order valence-electron chi connectivity index (χ0n) is 18.9. The molecule has 2 aliphatic rings. The molecule has 10 heteroatoms. The first-order valence-corrected chi connectivity index (χ1v) is 11.7. The summed E-state index contributed by atoms with van der Waals surface area (Å²) in [5.74, 6) is 0.995. The Kier molecular flexibility index (Phi) is 6.39. The maximum absolute atomic E-state index is 13.1. The van der Waals surface area contributed by atoms with Crippen LogP contribution in [0.2, 0.25) is 0 Å². The highest BCUT2D eigenvalue weighted by Gasteiger charge is 2.32. The van der Waals surface area contributed by atoms with Crippen LogP contribution in [0.25, 0.3) is 11.2 Å². The molecule has 5 rings (SSSR count). The van der Waals surface area contributed by atoms with Gasteiger partial charge in [0.05, 0.1) is 19.0 Å². The van der Waals surface area contributed by atoms with Gasteiger partial charge in [0.2, 0.25) is 5.91 Å². The second-order valence-corrected chi connectivity index (χ2v) is 8.76. The zero-order chi connectivity index (χ0) is 23.5. The van der Waals surface area contributed by atoms with Gasteiger partial charge in [-0.15, -0.1) is 0 Å².